The fourth-order valence-corrected chi connectivity index (χ4v) is 2.24. The van der Waals surface area contributed by atoms with Crippen molar-refractivity contribution in [1.29, 1.82) is 0 Å². The number of rotatable bonds is 3. The molecule has 2 aromatic rings. The largest absolute Gasteiger partial charge is 0.321 e. The molecule has 7 heteroatoms. The Bertz CT molecular complexity index is 672. The maximum absolute atomic E-state index is 12.0. The number of carbonyl (C=O) groups is 1. The topological polar surface area (TPSA) is 72.2 Å². The van der Waals surface area contributed by atoms with E-state index in [4.69, 9.17) is 0 Å². The van der Waals surface area contributed by atoms with Gasteiger partial charge in [-0.2, -0.15) is 0 Å². The highest BCUT2D eigenvalue weighted by Gasteiger charge is 2.12. The first-order valence-electron chi connectivity index (χ1n) is 5.48. The van der Waals surface area contributed by atoms with Crippen molar-refractivity contribution in [3.63, 3.8) is 0 Å². The van der Waals surface area contributed by atoms with Crippen molar-refractivity contribution in [3.8, 4) is 0 Å². The van der Waals surface area contributed by atoms with E-state index in [1.807, 2.05) is 0 Å². The number of hydrogen-bond donors (Lipinski definition) is 1. The zero-order chi connectivity index (χ0) is 14.7. The molecule has 0 unspecified atom stereocenters. The molecule has 0 atom stereocenters. The summed E-state index contributed by atoms with van der Waals surface area (Å²) in [5.74, 6) is -0.285. The summed E-state index contributed by atoms with van der Waals surface area (Å²) >= 11 is 6.49. The third-order valence-corrected chi connectivity index (χ3v) is 3.70. The lowest BCUT2D eigenvalue weighted by atomic mass is 10.2. The second kappa shape index (κ2) is 6.15. The number of non-ortho nitro benzene ring substituents is 1. The Morgan fingerprint density at radius 3 is 2.30 bits per heavy atom. The first-order valence-corrected chi connectivity index (χ1v) is 7.07. The molecule has 0 saturated heterocycles. The maximum atomic E-state index is 12.0. The number of carbonyl (C=O) groups excluding carboxylic acids is 1. The summed E-state index contributed by atoms with van der Waals surface area (Å²) in [6.07, 6.45) is 0. The van der Waals surface area contributed by atoms with Gasteiger partial charge < -0.3 is 5.32 Å². The van der Waals surface area contributed by atoms with E-state index in [1.165, 1.54) is 18.2 Å². The molecule has 0 bridgehead atoms. The van der Waals surface area contributed by atoms with E-state index >= 15 is 0 Å². The van der Waals surface area contributed by atoms with Gasteiger partial charge in [-0.25, -0.2) is 0 Å². The first kappa shape index (κ1) is 14.7. The minimum absolute atomic E-state index is 0.0430. The summed E-state index contributed by atoms with van der Waals surface area (Å²) in [6.45, 7) is 0. The molecule has 0 spiro atoms. The number of halogens is 2. The molecule has 5 nitrogen and oxygen atoms in total. The molecule has 20 heavy (non-hydrogen) atoms. The van der Waals surface area contributed by atoms with Crippen LogP contribution in [0.4, 0.5) is 11.4 Å². The van der Waals surface area contributed by atoms with Crippen LogP contribution in [0.5, 0.6) is 0 Å². The molecular weight excluding hydrogens is 392 g/mol. The predicted molar refractivity (Wildman–Crippen MR) is 82.9 cm³/mol. The van der Waals surface area contributed by atoms with Gasteiger partial charge in [0.15, 0.2) is 0 Å². The third kappa shape index (κ3) is 3.43. The van der Waals surface area contributed by atoms with Crippen molar-refractivity contribution < 1.29 is 9.72 Å². The highest BCUT2D eigenvalue weighted by Crippen LogP contribution is 2.27. The van der Waals surface area contributed by atoms with Gasteiger partial charge >= 0.3 is 0 Å². The van der Waals surface area contributed by atoms with Crippen LogP contribution in [0.1, 0.15) is 10.4 Å². The van der Waals surface area contributed by atoms with E-state index in [0.717, 1.165) is 4.47 Å². The Hall–Kier alpha value is -1.73. The smallest absolute Gasteiger partial charge is 0.270 e. The van der Waals surface area contributed by atoms with Gasteiger partial charge in [-0.3, -0.25) is 14.9 Å². The van der Waals surface area contributed by atoms with Crippen LogP contribution >= 0.6 is 31.9 Å². The molecule has 0 aliphatic carbocycles. The van der Waals surface area contributed by atoms with Crippen LogP contribution in [-0.2, 0) is 0 Å². The van der Waals surface area contributed by atoms with Crippen LogP contribution in [0.3, 0.4) is 0 Å². The van der Waals surface area contributed by atoms with E-state index < -0.39 is 4.92 Å². The fraction of sp³-hybridized carbons (Fsp3) is 0. The number of anilines is 1. The van der Waals surface area contributed by atoms with Crippen LogP contribution < -0.4 is 5.32 Å². The summed E-state index contributed by atoms with van der Waals surface area (Å²) < 4.78 is 1.34. The molecule has 2 aromatic carbocycles. The molecule has 0 fully saturated rings. The van der Waals surface area contributed by atoms with Gasteiger partial charge in [0.25, 0.3) is 11.6 Å². The van der Waals surface area contributed by atoms with Gasteiger partial charge in [-0.1, -0.05) is 15.9 Å². The zero-order valence-electron chi connectivity index (χ0n) is 9.97. The van der Waals surface area contributed by atoms with Gasteiger partial charge in [0, 0.05) is 26.6 Å². The van der Waals surface area contributed by atoms with E-state index in [2.05, 4.69) is 37.2 Å². The number of nitrogens with one attached hydrogen (secondary N) is 1. The van der Waals surface area contributed by atoms with Gasteiger partial charge in [0.2, 0.25) is 0 Å². The standard InChI is InChI=1S/C13H8Br2N2O3/c14-9-3-1-8(2-4-9)13(18)16-12-6-5-10(17(19)20)7-11(12)15/h1-7H,(H,16,18). The van der Waals surface area contributed by atoms with Crippen molar-refractivity contribution in [2.75, 3.05) is 5.32 Å². The van der Waals surface area contributed by atoms with Crippen molar-refractivity contribution in [2.45, 2.75) is 0 Å². The Kier molecular flexibility index (Phi) is 4.51. The molecule has 0 aliphatic heterocycles. The summed E-state index contributed by atoms with van der Waals surface area (Å²) in [5.41, 5.74) is 0.931. The molecule has 0 aromatic heterocycles. The van der Waals surface area contributed by atoms with Gasteiger partial charge in [-0.05, 0) is 46.3 Å². The van der Waals surface area contributed by atoms with E-state index in [1.54, 1.807) is 24.3 Å². The van der Waals surface area contributed by atoms with Gasteiger partial charge in [0.05, 0.1) is 10.6 Å². The third-order valence-electron chi connectivity index (χ3n) is 2.52. The lowest BCUT2D eigenvalue weighted by Gasteiger charge is -2.07. The molecule has 102 valence electrons. The lowest BCUT2D eigenvalue weighted by Crippen LogP contribution is -2.12. The van der Waals surface area contributed by atoms with Crippen LogP contribution in [0.25, 0.3) is 0 Å². The highest BCUT2D eigenvalue weighted by atomic mass is 79.9. The van der Waals surface area contributed by atoms with Crippen molar-refractivity contribution in [1.82, 2.24) is 0 Å². The first-order chi connectivity index (χ1) is 9.47. The highest BCUT2D eigenvalue weighted by molar-refractivity contribution is 9.10. The number of amides is 1. The van der Waals surface area contributed by atoms with E-state index in [-0.39, 0.29) is 11.6 Å². The Morgan fingerprint density at radius 2 is 1.75 bits per heavy atom. The van der Waals surface area contributed by atoms with Crippen LogP contribution in [0.2, 0.25) is 0 Å². The Labute approximate surface area is 131 Å². The van der Waals surface area contributed by atoms with E-state index in [9.17, 15) is 14.9 Å². The van der Waals surface area contributed by atoms with Crippen molar-refractivity contribution >= 4 is 49.1 Å². The minimum atomic E-state index is -0.495. The molecular formula is C13H8Br2N2O3. The molecule has 0 aliphatic rings. The average molecular weight is 400 g/mol. The number of hydrogen-bond acceptors (Lipinski definition) is 3. The molecule has 0 radical (unpaired) electrons. The number of nitro groups is 1. The van der Waals surface area contributed by atoms with Crippen molar-refractivity contribution in [3.05, 3.63) is 67.1 Å². The molecule has 1 N–H and O–H groups in total. The molecule has 0 heterocycles. The monoisotopic (exact) mass is 398 g/mol. The average Bonchev–Trinajstić information content (AvgIpc) is 2.41. The second-order valence-corrected chi connectivity index (χ2v) is 5.65. The Balaban J connectivity index is 2.19. The summed E-state index contributed by atoms with van der Waals surface area (Å²) in [6, 6.07) is 11.1. The number of nitro benzene ring substituents is 1. The quantitative estimate of drug-likeness (QED) is 0.615. The van der Waals surface area contributed by atoms with Gasteiger partial charge in [-0.15, -0.1) is 0 Å². The number of benzene rings is 2. The normalized spacial score (nSPS) is 10.1. The lowest BCUT2D eigenvalue weighted by molar-refractivity contribution is -0.384. The SMILES string of the molecule is O=C(Nc1ccc([N+](=O)[O-])cc1Br)c1ccc(Br)cc1. The number of nitrogens with zero attached hydrogens (tertiary/aromatic N) is 1. The van der Waals surface area contributed by atoms with Crippen LogP contribution in [-0.4, -0.2) is 10.8 Å². The maximum Gasteiger partial charge on any atom is 0.270 e. The summed E-state index contributed by atoms with van der Waals surface area (Å²) in [4.78, 5) is 22.2. The molecule has 2 rings (SSSR count). The van der Waals surface area contributed by atoms with Gasteiger partial charge in [0.1, 0.15) is 0 Å². The Morgan fingerprint density at radius 1 is 1.10 bits per heavy atom. The van der Waals surface area contributed by atoms with Crippen molar-refractivity contribution in [2.24, 2.45) is 0 Å². The zero-order valence-corrected chi connectivity index (χ0v) is 13.1. The van der Waals surface area contributed by atoms with Crippen LogP contribution in [0.15, 0.2) is 51.4 Å². The molecule has 0 saturated carbocycles. The fourth-order valence-electron chi connectivity index (χ4n) is 1.51. The van der Waals surface area contributed by atoms with Crippen LogP contribution in [0, 0.1) is 10.1 Å². The summed E-state index contributed by atoms with van der Waals surface area (Å²) in [5, 5.41) is 13.3. The summed E-state index contributed by atoms with van der Waals surface area (Å²) in [7, 11) is 0. The van der Waals surface area contributed by atoms with E-state index in [0.29, 0.717) is 15.7 Å². The molecule has 1 amide bonds. The predicted octanol–water partition coefficient (Wildman–Crippen LogP) is 4.37. The second-order valence-electron chi connectivity index (χ2n) is 3.88. The minimum Gasteiger partial charge on any atom is -0.321 e.